The third-order valence-corrected chi connectivity index (χ3v) is 5.04. The maximum Gasteiger partial charge on any atom is 0.254 e. The van der Waals surface area contributed by atoms with E-state index in [4.69, 9.17) is 4.74 Å². The van der Waals surface area contributed by atoms with Gasteiger partial charge in [-0.05, 0) is 57.0 Å². The van der Waals surface area contributed by atoms with Gasteiger partial charge in [-0.15, -0.1) is 0 Å². The molecule has 4 heteroatoms. The third kappa shape index (κ3) is 3.81. The Kier molecular flexibility index (Phi) is 5.24. The molecule has 0 unspecified atom stereocenters. The molecule has 2 aliphatic heterocycles. The van der Waals surface area contributed by atoms with Crippen molar-refractivity contribution in [2.75, 3.05) is 26.2 Å². The minimum Gasteiger partial charge on any atom is -0.489 e. The van der Waals surface area contributed by atoms with Gasteiger partial charge in [-0.3, -0.25) is 9.69 Å². The van der Waals surface area contributed by atoms with Crippen LogP contribution in [0.1, 0.15) is 43.5 Å². The first kappa shape index (κ1) is 17.0. The molecule has 0 radical (unpaired) electrons. The molecule has 3 rings (SSSR count). The molecule has 0 aliphatic carbocycles. The van der Waals surface area contributed by atoms with Crippen molar-refractivity contribution in [2.45, 2.75) is 45.2 Å². The van der Waals surface area contributed by atoms with Gasteiger partial charge < -0.3 is 9.64 Å². The van der Waals surface area contributed by atoms with E-state index in [0.717, 1.165) is 24.4 Å². The molecule has 0 spiro atoms. The van der Waals surface area contributed by atoms with Gasteiger partial charge in [-0.25, -0.2) is 0 Å². The molecule has 24 heavy (non-hydrogen) atoms. The van der Waals surface area contributed by atoms with E-state index >= 15 is 0 Å². The van der Waals surface area contributed by atoms with Crippen LogP contribution < -0.4 is 4.74 Å². The summed E-state index contributed by atoms with van der Waals surface area (Å²) in [5, 5.41) is 0. The average Bonchev–Trinajstić information content (AvgIpc) is 2.53. The molecule has 0 bridgehead atoms. The van der Waals surface area contributed by atoms with Gasteiger partial charge in [0.15, 0.2) is 0 Å². The Morgan fingerprint density at radius 1 is 1.33 bits per heavy atom. The summed E-state index contributed by atoms with van der Waals surface area (Å²) >= 11 is 0. The Morgan fingerprint density at radius 2 is 2.12 bits per heavy atom. The summed E-state index contributed by atoms with van der Waals surface area (Å²) in [6, 6.07) is 8.65. The van der Waals surface area contributed by atoms with E-state index in [9.17, 15) is 4.79 Å². The average molecular weight is 328 g/mol. The van der Waals surface area contributed by atoms with E-state index in [1.807, 2.05) is 36.1 Å². The van der Waals surface area contributed by atoms with Crippen LogP contribution in [-0.4, -0.2) is 54.0 Å². The van der Waals surface area contributed by atoms with Crippen LogP contribution in [0.25, 0.3) is 0 Å². The van der Waals surface area contributed by atoms with Crippen molar-refractivity contribution in [3.8, 4) is 5.75 Å². The molecule has 1 atom stereocenters. The number of nitrogens with zero attached hydrogens (tertiary/aromatic N) is 2. The number of hydrogen-bond acceptors (Lipinski definition) is 3. The van der Waals surface area contributed by atoms with Crippen molar-refractivity contribution in [3.05, 3.63) is 42.0 Å². The first-order valence-corrected chi connectivity index (χ1v) is 8.97. The van der Waals surface area contributed by atoms with Gasteiger partial charge in [0.25, 0.3) is 5.91 Å². The molecule has 1 aromatic carbocycles. The Morgan fingerprint density at radius 3 is 2.83 bits per heavy atom. The summed E-state index contributed by atoms with van der Waals surface area (Å²) in [6.07, 6.45) is 3.91. The van der Waals surface area contributed by atoms with Gasteiger partial charge in [-0.2, -0.15) is 0 Å². The Hall–Kier alpha value is -1.81. The Labute approximate surface area is 145 Å². The van der Waals surface area contributed by atoms with E-state index < -0.39 is 0 Å². The van der Waals surface area contributed by atoms with E-state index in [1.54, 1.807) is 0 Å². The van der Waals surface area contributed by atoms with Gasteiger partial charge in [0.05, 0.1) is 0 Å². The zero-order valence-corrected chi connectivity index (χ0v) is 14.8. The number of ether oxygens (including phenoxy) is 1. The molecule has 0 N–H and O–H groups in total. The van der Waals surface area contributed by atoms with E-state index in [-0.39, 0.29) is 5.91 Å². The summed E-state index contributed by atoms with van der Waals surface area (Å²) in [4.78, 5) is 17.2. The highest BCUT2D eigenvalue weighted by Gasteiger charge is 2.37. The molecule has 2 heterocycles. The molecular formula is C20H28N2O2. The fourth-order valence-electron chi connectivity index (χ4n) is 3.60. The zero-order chi connectivity index (χ0) is 17.1. The third-order valence-electron chi connectivity index (χ3n) is 5.04. The van der Waals surface area contributed by atoms with E-state index in [2.05, 4.69) is 18.4 Å². The molecule has 130 valence electrons. The summed E-state index contributed by atoms with van der Waals surface area (Å²) in [5.41, 5.74) is 1.67. The summed E-state index contributed by atoms with van der Waals surface area (Å²) < 4.78 is 5.64. The summed E-state index contributed by atoms with van der Waals surface area (Å²) in [5.74, 6) is 0.835. The molecule has 1 aromatic rings. The lowest BCUT2D eigenvalue weighted by atomic mass is 9.97. The van der Waals surface area contributed by atoms with Gasteiger partial charge in [0.2, 0.25) is 0 Å². The normalized spacial score (nSPS) is 22.1. The topological polar surface area (TPSA) is 32.8 Å². The molecule has 4 nitrogen and oxygen atoms in total. The van der Waals surface area contributed by atoms with Crippen molar-refractivity contribution in [1.29, 1.82) is 0 Å². The maximum atomic E-state index is 12.7. The van der Waals surface area contributed by atoms with Gasteiger partial charge in [0.1, 0.15) is 12.4 Å². The Balaban J connectivity index is 1.56. The molecule has 0 saturated carbocycles. The highest BCUT2D eigenvalue weighted by molar-refractivity contribution is 5.95. The smallest absolute Gasteiger partial charge is 0.254 e. The SMILES string of the molecule is C=C(C)COc1cccc(C(=O)N2CC(N3CCCC[C@H]3C)C2)c1. The van der Waals surface area contributed by atoms with E-state index in [1.165, 1.54) is 25.8 Å². The quantitative estimate of drug-likeness (QED) is 0.777. The second kappa shape index (κ2) is 7.39. The maximum absolute atomic E-state index is 12.7. The first-order valence-electron chi connectivity index (χ1n) is 8.97. The van der Waals surface area contributed by atoms with Gasteiger partial charge in [0, 0.05) is 30.7 Å². The lowest BCUT2D eigenvalue weighted by molar-refractivity contribution is 0.00211. The van der Waals surface area contributed by atoms with Crippen LogP contribution in [0.5, 0.6) is 5.75 Å². The monoisotopic (exact) mass is 328 g/mol. The minimum absolute atomic E-state index is 0.108. The highest BCUT2D eigenvalue weighted by Crippen LogP contribution is 2.26. The van der Waals surface area contributed by atoms with Crippen molar-refractivity contribution in [2.24, 2.45) is 0 Å². The second-order valence-corrected chi connectivity index (χ2v) is 7.22. The Bertz CT molecular complexity index is 607. The van der Waals surface area contributed by atoms with Gasteiger partial charge in [-0.1, -0.05) is 19.1 Å². The van der Waals surface area contributed by atoms with Crippen LogP contribution in [0.4, 0.5) is 0 Å². The minimum atomic E-state index is 0.108. The molecular weight excluding hydrogens is 300 g/mol. The lowest BCUT2D eigenvalue weighted by Crippen LogP contribution is -2.63. The number of benzene rings is 1. The number of rotatable bonds is 5. The number of carbonyl (C=O) groups is 1. The fraction of sp³-hybridized carbons (Fsp3) is 0.550. The predicted octanol–water partition coefficient (Wildman–Crippen LogP) is 3.34. The lowest BCUT2D eigenvalue weighted by Gasteiger charge is -2.49. The number of amides is 1. The van der Waals surface area contributed by atoms with Crippen LogP contribution in [0.3, 0.4) is 0 Å². The summed E-state index contributed by atoms with van der Waals surface area (Å²) in [6.45, 7) is 11.4. The van der Waals surface area contributed by atoms with Crippen molar-refractivity contribution >= 4 is 5.91 Å². The van der Waals surface area contributed by atoms with Crippen LogP contribution in [0.2, 0.25) is 0 Å². The number of piperidine rings is 1. The molecule has 2 aliphatic rings. The second-order valence-electron chi connectivity index (χ2n) is 7.22. The highest BCUT2D eigenvalue weighted by atomic mass is 16.5. The van der Waals surface area contributed by atoms with Gasteiger partial charge >= 0.3 is 0 Å². The summed E-state index contributed by atoms with van der Waals surface area (Å²) in [7, 11) is 0. The molecule has 2 fully saturated rings. The molecule has 2 saturated heterocycles. The predicted molar refractivity (Wildman–Crippen MR) is 96.5 cm³/mol. The molecule has 0 aromatic heterocycles. The van der Waals surface area contributed by atoms with Crippen LogP contribution >= 0.6 is 0 Å². The zero-order valence-electron chi connectivity index (χ0n) is 14.8. The number of carbonyl (C=O) groups excluding carboxylic acids is 1. The van der Waals surface area contributed by atoms with Crippen LogP contribution in [-0.2, 0) is 0 Å². The first-order chi connectivity index (χ1) is 11.5. The van der Waals surface area contributed by atoms with Crippen LogP contribution in [0.15, 0.2) is 36.4 Å². The number of hydrogen-bond donors (Lipinski definition) is 0. The van der Waals surface area contributed by atoms with Crippen molar-refractivity contribution in [1.82, 2.24) is 9.80 Å². The fourth-order valence-corrected chi connectivity index (χ4v) is 3.60. The van der Waals surface area contributed by atoms with Crippen molar-refractivity contribution < 1.29 is 9.53 Å². The standard InChI is InChI=1S/C20H28N2O2/c1-15(2)14-24-19-9-6-8-17(11-19)20(23)21-12-18(13-21)22-10-5-4-7-16(22)3/h6,8-9,11,16,18H,1,4-5,7,10,12-14H2,2-3H3/t16-/m1/s1. The largest absolute Gasteiger partial charge is 0.489 e. The van der Waals surface area contributed by atoms with Crippen LogP contribution in [0, 0.1) is 0 Å². The van der Waals surface area contributed by atoms with E-state index in [0.29, 0.717) is 24.3 Å². The molecule has 1 amide bonds. The number of likely N-dealkylation sites (tertiary alicyclic amines) is 2. The van der Waals surface area contributed by atoms with Crippen molar-refractivity contribution in [3.63, 3.8) is 0 Å².